The van der Waals surface area contributed by atoms with Crippen molar-refractivity contribution in [2.45, 2.75) is 26.4 Å². The summed E-state index contributed by atoms with van der Waals surface area (Å²) in [5, 5.41) is 3.07. The van der Waals surface area contributed by atoms with Crippen molar-refractivity contribution >= 4 is 27.5 Å². The highest BCUT2D eigenvalue weighted by Gasteiger charge is 2.06. The number of nitrogens with two attached hydrogens (primary N) is 1. The van der Waals surface area contributed by atoms with Crippen LogP contribution in [-0.2, 0) is 11.3 Å². The lowest BCUT2D eigenvalue weighted by molar-refractivity contribution is 0.179. The number of fused-ring (bicyclic) bond motifs is 1. The Labute approximate surface area is 132 Å². The number of aromatic nitrogens is 2. The summed E-state index contributed by atoms with van der Waals surface area (Å²) in [6, 6.07) is 2.16. The van der Waals surface area contributed by atoms with Crippen molar-refractivity contribution in [3.63, 3.8) is 0 Å². The number of aliphatic imine (C=N–C) groups is 1. The molecule has 0 fully saturated rings. The normalized spacial score (nSPS) is 13.6. The Morgan fingerprint density at radius 3 is 3.05 bits per heavy atom. The van der Waals surface area contributed by atoms with E-state index < -0.39 is 0 Å². The predicted molar refractivity (Wildman–Crippen MR) is 87.4 cm³/mol. The quantitative estimate of drug-likeness (QED) is 0.635. The van der Waals surface area contributed by atoms with Gasteiger partial charge < -0.3 is 20.2 Å². The molecule has 0 bridgehead atoms. The van der Waals surface area contributed by atoms with Crippen LogP contribution in [0.2, 0.25) is 0 Å². The van der Waals surface area contributed by atoms with E-state index in [9.17, 15) is 0 Å². The number of nitrogens with zero attached hydrogens (tertiary/aromatic N) is 3. The summed E-state index contributed by atoms with van der Waals surface area (Å²) in [5.74, 6) is 0.398. The average molecular weight is 354 g/mol. The molecule has 114 valence electrons. The van der Waals surface area contributed by atoms with Crippen LogP contribution in [0.1, 0.15) is 18.2 Å². The van der Waals surface area contributed by atoms with Crippen LogP contribution in [0.5, 0.6) is 0 Å². The first kappa shape index (κ1) is 15.8. The first-order chi connectivity index (χ1) is 9.99. The SMILES string of the molecule is COCC(C)NC(N)=NCc1cn2cc(Br)cc(C)c2n1. The molecule has 0 aliphatic carbocycles. The second-order valence-corrected chi connectivity index (χ2v) is 5.92. The molecule has 0 saturated carbocycles. The third kappa shape index (κ3) is 4.18. The van der Waals surface area contributed by atoms with E-state index in [1.54, 1.807) is 7.11 Å². The summed E-state index contributed by atoms with van der Waals surface area (Å²) in [4.78, 5) is 8.87. The van der Waals surface area contributed by atoms with Crippen molar-refractivity contribution in [3.05, 3.63) is 34.2 Å². The zero-order chi connectivity index (χ0) is 15.4. The fourth-order valence-electron chi connectivity index (χ4n) is 2.11. The van der Waals surface area contributed by atoms with Gasteiger partial charge in [-0.05, 0) is 41.4 Å². The predicted octanol–water partition coefficient (Wildman–Crippen LogP) is 1.84. The van der Waals surface area contributed by atoms with E-state index in [-0.39, 0.29) is 6.04 Å². The lowest BCUT2D eigenvalue weighted by atomic mass is 10.3. The average Bonchev–Trinajstić information content (AvgIpc) is 2.79. The third-order valence-corrected chi connectivity index (χ3v) is 3.41. The molecule has 0 aromatic carbocycles. The highest BCUT2D eigenvalue weighted by molar-refractivity contribution is 9.10. The number of methoxy groups -OCH3 is 1. The molecule has 0 aliphatic rings. The van der Waals surface area contributed by atoms with Gasteiger partial charge in [0.15, 0.2) is 5.96 Å². The van der Waals surface area contributed by atoms with Crippen molar-refractivity contribution in [2.24, 2.45) is 10.7 Å². The van der Waals surface area contributed by atoms with Crippen LogP contribution in [0, 0.1) is 6.92 Å². The van der Waals surface area contributed by atoms with Crippen LogP contribution in [0.3, 0.4) is 0 Å². The van der Waals surface area contributed by atoms with Gasteiger partial charge in [0.1, 0.15) is 5.65 Å². The summed E-state index contributed by atoms with van der Waals surface area (Å²) >= 11 is 3.48. The van der Waals surface area contributed by atoms with Gasteiger partial charge in [-0.25, -0.2) is 9.98 Å². The van der Waals surface area contributed by atoms with Crippen LogP contribution in [-0.4, -0.2) is 35.1 Å². The zero-order valence-electron chi connectivity index (χ0n) is 12.4. The molecular weight excluding hydrogens is 334 g/mol. The molecule has 21 heavy (non-hydrogen) atoms. The second-order valence-electron chi connectivity index (χ2n) is 5.01. The van der Waals surface area contributed by atoms with E-state index in [0.717, 1.165) is 21.4 Å². The van der Waals surface area contributed by atoms with Crippen LogP contribution >= 0.6 is 15.9 Å². The second kappa shape index (κ2) is 6.91. The highest BCUT2D eigenvalue weighted by atomic mass is 79.9. The van der Waals surface area contributed by atoms with Gasteiger partial charge in [-0.3, -0.25) is 0 Å². The maximum Gasteiger partial charge on any atom is 0.189 e. The van der Waals surface area contributed by atoms with E-state index >= 15 is 0 Å². The number of hydrogen-bond acceptors (Lipinski definition) is 3. The van der Waals surface area contributed by atoms with Gasteiger partial charge in [-0.1, -0.05) is 0 Å². The summed E-state index contributed by atoms with van der Waals surface area (Å²) < 4.78 is 8.05. The summed E-state index contributed by atoms with van der Waals surface area (Å²) in [5.41, 5.74) is 8.76. The topological polar surface area (TPSA) is 76.9 Å². The molecule has 0 saturated heterocycles. The van der Waals surface area contributed by atoms with Crippen molar-refractivity contribution < 1.29 is 4.74 Å². The van der Waals surface area contributed by atoms with Crippen molar-refractivity contribution in [3.8, 4) is 0 Å². The van der Waals surface area contributed by atoms with Crippen molar-refractivity contribution in [1.29, 1.82) is 0 Å². The first-order valence-corrected chi connectivity index (χ1v) is 7.48. The largest absolute Gasteiger partial charge is 0.383 e. The van der Waals surface area contributed by atoms with Crippen molar-refractivity contribution in [2.75, 3.05) is 13.7 Å². The molecule has 2 aromatic rings. The van der Waals surface area contributed by atoms with Gasteiger partial charge in [-0.15, -0.1) is 0 Å². The minimum Gasteiger partial charge on any atom is -0.383 e. The van der Waals surface area contributed by atoms with Gasteiger partial charge in [0.05, 0.1) is 18.8 Å². The maximum absolute atomic E-state index is 5.84. The van der Waals surface area contributed by atoms with Crippen molar-refractivity contribution in [1.82, 2.24) is 14.7 Å². The van der Waals surface area contributed by atoms with Gasteiger partial charge in [0.25, 0.3) is 0 Å². The van der Waals surface area contributed by atoms with Gasteiger partial charge in [-0.2, -0.15) is 0 Å². The lowest BCUT2D eigenvalue weighted by Gasteiger charge is -2.12. The third-order valence-electron chi connectivity index (χ3n) is 2.97. The number of ether oxygens (including phenoxy) is 1. The fraction of sp³-hybridized carbons (Fsp3) is 0.429. The Morgan fingerprint density at radius 2 is 2.33 bits per heavy atom. The van der Waals surface area contributed by atoms with E-state index in [2.05, 4.69) is 31.2 Å². The molecule has 0 spiro atoms. The number of hydrogen-bond donors (Lipinski definition) is 2. The number of pyridine rings is 1. The van der Waals surface area contributed by atoms with Crippen LogP contribution in [0.4, 0.5) is 0 Å². The zero-order valence-corrected chi connectivity index (χ0v) is 14.0. The van der Waals surface area contributed by atoms with Crippen LogP contribution in [0.15, 0.2) is 27.9 Å². The number of aryl methyl sites for hydroxylation is 1. The van der Waals surface area contributed by atoms with Gasteiger partial charge in [0, 0.05) is 30.0 Å². The Balaban J connectivity index is 2.08. The molecule has 0 amide bonds. The number of nitrogens with one attached hydrogen (secondary N) is 1. The Hall–Kier alpha value is -1.60. The molecule has 1 unspecified atom stereocenters. The van der Waals surface area contributed by atoms with Crippen LogP contribution in [0.25, 0.3) is 5.65 Å². The summed E-state index contributed by atoms with van der Waals surface area (Å²) in [6.07, 6.45) is 3.94. The number of guanidine groups is 1. The smallest absolute Gasteiger partial charge is 0.189 e. The fourth-order valence-corrected chi connectivity index (χ4v) is 2.67. The Kier molecular flexibility index (Phi) is 5.19. The molecular formula is C14H20BrN5O. The standard InChI is InChI=1S/C14H20BrN5O/c1-9-4-11(15)6-20-7-12(19-13(9)20)5-17-14(16)18-10(2)8-21-3/h4,6-7,10H,5,8H2,1-3H3,(H3,16,17,18). The highest BCUT2D eigenvalue weighted by Crippen LogP contribution is 2.17. The number of rotatable bonds is 5. The molecule has 3 N–H and O–H groups in total. The van der Waals surface area contributed by atoms with E-state index in [0.29, 0.717) is 19.1 Å². The lowest BCUT2D eigenvalue weighted by Crippen LogP contribution is -2.40. The van der Waals surface area contributed by atoms with E-state index in [1.807, 2.05) is 36.7 Å². The Morgan fingerprint density at radius 1 is 1.57 bits per heavy atom. The molecule has 1 atom stereocenters. The van der Waals surface area contributed by atoms with E-state index in [1.165, 1.54) is 0 Å². The molecule has 6 nitrogen and oxygen atoms in total. The maximum atomic E-state index is 5.84. The molecule has 7 heteroatoms. The summed E-state index contributed by atoms with van der Waals surface area (Å²) in [7, 11) is 1.66. The van der Waals surface area contributed by atoms with Crippen LogP contribution < -0.4 is 11.1 Å². The molecule has 2 heterocycles. The number of halogens is 1. The Bertz CT molecular complexity index is 652. The monoisotopic (exact) mass is 353 g/mol. The van der Waals surface area contributed by atoms with Gasteiger partial charge in [0.2, 0.25) is 0 Å². The summed E-state index contributed by atoms with van der Waals surface area (Å²) in [6.45, 7) is 5.04. The van der Waals surface area contributed by atoms with E-state index in [4.69, 9.17) is 10.5 Å². The molecule has 2 rings (SSSR count). The number of imidazole rings is 1. The minimum absolute atomic E-state index is 0.123. The van der Waals surface area contributed by atoms with Gasteiger partial charge >= 0.3 is 0 Å². The minimum atomic E-state index is 0.123. The molecule has 0 aliphatic heterocycles. The molecule has 2 aromatic heterocycles. The molecule has 0 radical (unpaired) electrons. The first-order valence-electron chi connectivity index (χ1n) is 6.68.